The smallest absolute Gasteiger partial charge is 0.200 e. The Kier molecular flexibility index (Phi) is 4.80. The molecular formula is C33H32NS+. The highest BCUT2D eigenvalue weighted by molar-refractivity contribution is 8.00. The van der Waals surface area contributed by atoms with E-state index in [0.29, 0.717) is 0 Å². The lowest BCUT2D eigenvalue weighted by atomic mass is 9.89. The van der Waals surface area contributed by atoms with Gasteiger partial charge in [-0.2, -0.15) is 0 Å². The Balaban J connectivity index is 1.51. The van der Waals surface area contributed by atoms with E-state index < -0.39 is 0 Å². The largest absolute Gasteiger partial charge is 0.222 e. The number of aromatic nitrogens is 1. The highest BCUT2D eigenvalue weighted by atomic mass is 32.2. The molecule has 2 aliphatic rings. The zero-order valence-electron chi connectivity index (χ0n) is 21.2. The fraction of sp³-hybridized carbons (Fsp3) is 0.303. The second-order valence-electron chi connectivity index (χ2n) is 11.0. The van der Waals surface area contributed by atoms with E-state index in [1.807, 2.05) is 11.8 Å². The highest BCUT2D eigenvalue weighted by Crippen LogP contribution is 2.52. The number of fused-ring (bicyclic) bond motifs is 5. The van der Waals surface area contributed by atoms with Gasteiger partial charge in [-0.05, 0) is 77.4 Å². The van der Waals surface area contributed by atoms with E-state index in [-0.39, 0.29) is 0 Å². The predicted molar refractivity (Wildman–Crippen MR) is 150 cm³/mol. The summed E-state index contributed by atoms with van der Waals surface area (Å²) < 4.78 is 2.35. The van der Waals surface area contributed by atoms with Gasteiger partial charge in [0.05, 0.1) is 10.9 Å². The molecule has 1 saturated carbocycles. The van der Waals surface area contributed by atoms with Crippen molar-refractivity contribution in [2.75, 3.05) is 0 Å². The molecule has 0 amide bonds. The van der Waals surface area contributed by atoms with Crippen LogP contribution in [0.3, 0.4) is 0 Å². The number of hydrogen-bond donors (Lipinski definition) is 0. The summed E-state index contributed by atoms with van der Waals surface area (Å²) in [5.74, 6) is 0.876. The second-order valence-corrected chi connectivity index (χ2v) is 12.0. The van der Waals surface area contributed by atoms with Crippen molar-refractivity contribution in [1.82, 2.24) is 0 Å². The lowest BCUT2D eigenvalue weighted by Gasteiger charge is -2.24. The second kappa shape index (κ2) is 7.83. The maximum absolute atomic E-state index is 2.48. The molecule has 0 bridgehead atoms. The number of hydrogen-bond acceptors (Lipinski definition) is 1. The van der Waals surface area contributed by atoms with Crippen LogP contribution in [0.4, 0.5) is 0 Å². The summed E-state index contributed by atoms with van der Waals surface area (Å²) in [4.78, 5) is 2.83. The van der Waals surface area contributed by atoms with Crippen molar-refractivity contribution >= 4 is 44.1 Å². The van der Waals surface area contributed by atoms with Crippen LogP contribution >= 0.6 is 11.8 Å². The summed E-state index contributed by atoms with van der Waals surface area (Å²) in [5.41, 5.74) is 8.43. The van der Waals surface area contributed by atoms with Crippen LogP contribution in [0.1, 0.15) is 47.9 Å². The lowest BCUT2D eigenvalue weighted by molar-refractivity contribution is -0.659. The molecule has 0 radical (unpaired) electrons. The van der Waals surface area contributed by atoms with Crippen LogP contribution in [0.25, 0.3) is 43.6 Å². The maximum atomic E-state index is 2.48. The van der Waals surface area contributed by atoms with Crippen molar-refractivity contribution in [2.24, 2.45) is 13.0 Å². The van der Waals surface area contributed by atoms with E-state index in [2.05, 4.69) is 87.1 Å². The normalized spacial score (nSPS) is 15.4. The Bertz CT molecular complexity index is 1690. The molecule has 0 saturated heterocycles. The molecule has 2 heterocycles. The summed E-state index contributed by atoms with van der Waals surface area (Å²) in [6.07, 6.45) is 9.13. The van der Waals surface area contributed by atoms with Gasteiger partial charge in [-0.15, -0.1) is 0 Å². The number of nitrogens with zero attached hydrogens (tertiary/aromatic N) is 1. The Hall–Kier alpha value is -2.84. The summed E-state index contributed by atoms with van der Waals surface area (Å²) in [7, 11) is 2.21. The van der Waals surface area contributed by atoms with Crippen LogP contribution in [-0.4, -0.2) is 0 Å². The van der Waals surface area contributed by atoms with Crippen molar-refractivity contribution in [3.8, 4) is 11.3 Å². The van der Waals surface area contributed by atoms with Gasteiger partial charge in [0, 0.05) is 21.2 Å². The van der Waals surface area contributed by atoms with Crippen molar-refractivity contribution in [2.45, 2.75) is 62.7 Å². The first kappa shape index (κ1) is 21.4. The molecule has 0 N–H and O–H groups in total. The first-order valence-corrected chi connectivity index (χ1v) is 13.9. The average Bonchev–Trinajstić information content (AvgIpc) is 3.36. The molecule has 1 aliphatic carbocycles. The van der Waals surface area contributed by atoms with Crippen molar-refractivity contribution < 1.29 is 4.57 Å². The molecule has 5 aromatic rings. The number of pyridine rings is 1. The minimum Gasteiger partial charge on any atom is -0.200 e. The Morgan fingerprint density at radius 3 is 2.46 bits per heavy atom. The monoisotopic (exact) mass is 474 g/mol. The molecule has 7 rings (SSSR count). The highest BCUT2D eigenvalue weighted by Gasteiger charge is 2.31. The third-order valence-corrected chi connectivity index (χ3v) is 9.89. The van der Waals surface area contributed by atoms with Crippen molar-refractivity contribution in [3.63, 3.8) is 0 Å². The minimum atomic E-state index is 0.876. The van der Waals surface area contributed by atoms with E-state index >= 15 is 0 Å². The standard InChI is InChI=1S/C33H32NS/c1-19-9-11-25-21(3)33-30(20(2)28(25)15-19)32-31-27(13-14-34(32)4)26-12-10-23(16-22-7-5-6-8-22)17-24(26)18-29(31)35-33/h9-15,17-18,22H,5-8,16H2,1-4H3/q+1. The fourth-order valence-corrected chi connectivity index (χ4v) is 8.13. The fourth-order valence-electron chi connectivity index (χ4n) is 6.80. The quantitative estimate of drug-likeness (QED) is 0.179. The van der Waals surface area contributed by atoms with Gasteiger partial charge in [-0.1, -0.05) is 79.4 Å². The molecule has 1 fully saturated rings. The van der Waals surface area contributed by atoms with Crippen LogP contribution in [-0.2, 0) is 13.5 Å². The first-order valence-electron chi connectivity index (χ1n) is 13.1. The zero-order chi connectivity index (χ0) is 23.8. The first-order chi connectivity index (χ1) is 17.0. The molecule has 0 spiro atoms. The Morgan fingerprint density at radius 2 is 1.63 bits per heavy atom. The maximum Gasteiger partial charge on any atom is 0.222 e. The van der Waals surface area contributed by atoms with Crippen LogP contribution < -0.4 is 4.57 Å². The SMILES string of the molecule is Cc1ccc2c(C)c3c(c(C)c2c1)-c1c2c(cc4cc(CC5CCCC5)ccc4c2cc[n+]1C)S3. The van der Waals surface area contributed by atoms with E-state index in [0.717, 1.165) is 5.92 Å². The number of rotatable bonds is 2. The van der Waals surface area contributed by atoms with E-state index in [9.17, 15) is 0 Å². The lowest BCUT2D eigenvalue weighted by Crippen LogP contribution is -2.32. The van der Waals surface area contributed by atoms with Crippen LogP contribution in [0.15, 0.2) is 64.5 Å². The summed E-state index contributed by atoms with van der Waals surface area (Å²) in [6.45, 7) is 6.83. The van der Waals surface area contributed by atoms with Crippen molar-refractivity contribution in [3.05, 3.63) is 77.0 Å². The van der Waals surface area contributed by atoms with Gasteiger partial charge in [-0.3, -0.25) is 0 Å². The summed E-state index contributed by atoms with van der Waals surface area (Å²) in [6, 6.07) is 19.0. The van der Waals surface area contributed by atoms with Gasteiger partial charge in [0.1, 0.15) is 7.05 Å². The third kappa shape index (κ3) is 3.19. The molecule has 1 nitrogen and oxygen atoms in total. The van der Waals surface area contributed by atoms with Gasteiger partial charge in [0.2, 0.25) is 5.69 Å². The van der Waals surface area contributed by atoms with E-state index in [1.54, 1.807) is 0 Å². The minimum absolute atomic E-state index is 0.876. The van der Waals surface area contributed by atoms with Gasteiger partial charge in [-0.25, -0.2) is 4.57 Å². The van der Waals surface area contributed by atoms with Crippen LogP contribution in [0, 0.1) is 26.7 Å². The molecule has 35 heavy (non-hydrogen) atoms. The molecule has 174 valence electrons. The van der Waals surface area contributed by atoms with Gasteiger partial charge >= 0.3 is 0 Å². The summed E-state index contributed by atoms with van der Waals surface area (Å²) >= 11 is 1.98. The van der Waals surface area contributed by atoms with Gasteiger partial charge in [0.15, 0.2) is 6.20 Å². The third-order valence-electron chi connectivity index (χ3n) is 8.64. The van der Waals surface area contributed by atoms with Gasteiger partial charge < -0.3 is 0 Å². The molecule has 0 unspecified atom stereocenters. The topological polar surface area (TPSA) is 3.88 Å². The Labute approximate surface area is 212 Å². The Morgan fingerprint density at radius 1 is 0.829 bits per heavy atom. The van der Waals surface area contributed by atoms with E-state index in [1.165, 1.54) is 108 Å². The van der Waals surface area contributed by atoms with Gasteiger partial charge in [0.25, 0.3) is 0 Å². The summed E-state index contributed by atoms with van der Waals surface area (Å²) in [5, 5.41) is 8.35. The van der Waals surface area contributed by atoms with Crippen molar-refractivity contribution in [1.29, 1.82) is 0 Å². The average molecular weight is 475 g/mol. The van der Waals surface area contributed by atoms with Crippen LogP contribution in [0.2, 0.25) is 0 Å². The number of aryl methyl sites for hydroxylation is 4. The molecule has 0 atom stereocenters. The molecule has 2 heteroatoms. The molecular weight excluding hydrogens is 442 g/mol. The molecule has 1 aromatic heterocycles. The molecule has 1 aliphatic heterocycles. The van der Waals surface area contributed by atoms with Crippen LogP contribution in [0.5, 0.6) is 0 Å². The van der Waals surface area contributed by atoms with E-state index in [4.69, 9.17) is 0 Å². The zero-order valence-corrected chi connectivity index (χ0v) is 22.0. The predicted octanol–water partition coefficient (Wildman–Crippen LogP) is 8.76. The molecule has 4 aromatic carbocycles. The number of benzene rings is 4.